The number of hydrogen-bond donors (Lipinski definition) is 2. The minimum Gasteiger partial charge on any atom is -0.493 e. The Kier molecular flexibility index (Phi) is 5.65. The number of methoxy groups -OCH3 is 2. The highest BCUT2D eigenvalue weighted by Crippen LogP contribution is 2.35. The number of rotatable bonds is 6. The summed E-state index contributed by atoms with van der Waals surface area (Å²) in [5.74, 6) is -0.605. The summed E-state index contributed by atoms with van der Waals surface area (Å²) in [5.41, 5.74) is 1.30. The van der Waals surface area contributed by atoms with Gasteiger partial charge >= 0.3 is 5.97 Å². The standard InChI is InChI=1S/C17H16ClNO5/c1-23-14-8-12(7-13(18)15(14)24-2)16(20)19-9-10-3-5-11(6-4-10)17(21)22/h3-8H,9H2,1-2H3,(H,19,20)(H,21,22). The van der Waals surface area contributed by atoms with Crippen molar-refractivity contribution >= 4 is 23.5 Å². The highest BCUT2D eigenvalue weighted by molar-refractivity contribution is 6.32. The summed E-state index contributed by atoms with van der Waals surface area (Å²) in [6.07, 6.45) is 0. The van der Waals surface area contributed by atoms with E-state index >= 15 is 0 Å². The topological polar surface area (TPSA) is 84.9 Å². The predicted molar refractivity (Wildman–Crippen MR) is 89.1 cm³/mol. The number of benzene rings is 2. The zero-order chi connectivity index (χ0) is 17.7. The van der Waals surface area contributed by atoms with E-state index in [0.29, 0.717) is 17.1 Å². The van der Waals surface area contributed by atoms with Gasteiger partial charge in [-0.05, 0) is 29.8 Å². The normalized spacial score (nSPS) is 10.1. The van der Waals surface area contributed by atoms with E-state index in [1.165, 1.54) is 38.5 Å². The van der Waals surface area contributed by atoms with Crippen LogP contribution >= 0.6 is 11.6 Å². The van der Waals surface area contributed by atoms with Gasteiger partial charge in [0.15, 0.2) is 11.5 Å². The van der Waals surface area contributed by atoms with E-state index in [-0.39, 0.29) is 23.0 Å². The van der Waals surface area contributed by atoms with Gasteiger partial charge < -0.3 is 19.9 Å². The Morgan fingerprint density at radius 3 is 2.29 bits per heavy atom. The third kappa shape index (κ3) is 3.97. The van der Waals surface area contributed by atoms with Crippen LogP contribution in [-0.4, -0.2) is 31.2 Å². The lowest BCUT2D eigenvalue weighted by Crippen LogP contribution is -2.23. The minimum atomic E-state index is -0.995. The van der Waals surface area contributed by atoms with Gasteiger partial charge in [-0.25, -0.2) is 4.79 Å². The summed E-state index contributed by atoms with van der Waals surface area (Å²) < 4.78 is 10.3. The van der Waals surface area contributed by atoms with Gasteiger partial charge in [-0.3, -0.25) is 4.79 Å². The van der Waals surface area contributed by atoms with Crippen molar-refractivity contribution in [2.75, 3.05) is 14.2 Å². The molecule has 2 aromatic carbocycles. The Bertz CT molecular complexity index is 758. The Balaban J connectivity index is 2.09. The third-order valence-corrected chi connectivity index (χ3v) is 3.63. The Morgan fingerprint density at radius 1 is 1.08 bits per heavy atom. The quantitative estimate of drug-likeness (QED) is 0.837. The smallest absolute Gasteiger partial charge is 0.335 e. The van der Waals surface area contributed by atoms with Crippen LogP contribution in [0.25, 0.3) is 0 Å². The lowest BCUT2D eigenvalue weighted by Gasteiger charge is -2.12. The van der Waals surface area contributed by atoms with Crippen molar-refractivity contribution in [3.63, 3.8) is 0 Å². The molecule has 2 N–H and O–H groups in total. The lowest BCUT2D eigenvalue weighted by atomic mass is 10.1. The molecular weight excluding hydrogens is 334 g/mol. The predicted octanol–water partition coefficient (Wildman–Crippen LogP) is 2.99. The van der Waals surface area contributed by atoms with Crippen LogP contribution in [0.2, 0.25) is 5.02 Å². The maximum Gasteiger partial charge on any atom is 0.335 e. The molecule has 0 spiro atoms. The summed E-state index contributed by atoms with van der Waals surface area (Å²) in [5, 5.41) is 11.9. The summed E-state index contributed by atoms with van der Waals surface area (Å²) in [6.45, 7) is 0.255. The number of nitrogens with one attached hydrogen (secondary N) is 1. The molecule has 7 heteroatoms. The number of carboxylic acids is 1. The monoisotopic (exact) mass is 349 g/mol. The summed E-state index contributed by atoms with van der Waals surface area (Å²) in [6, 6.07) is 9.28. The van der Waals surface area contributed by atoms with Crippen LogP contribution in [-0.2, 0) is 6.54 Å². The number of carbonyl (C=O) groups is 2. The first-order chi connectivity index (χ1) is 11.5. The van der Waals surface area contributed by atoms with Gasteiger partial charge in [0.25, 0.3) is 5.91 Å². The highest BCUT2D eigenvalue weighted by Gasteiger charge is 2.15. The second-order valence-electron chi connectivity index (χ2n) is 4.88. The molecule has 0 aliphatic rings. The fraction of sp³-hybridized carbons (Fsp3) is 0.176. The molecule has 0 saturated heterocycles. The molecule has 6 nitrogen and oxygen atoms in total. The second-order valence-corrected chi connectivity index (χ2v) is 5.29. The molecule has 0 atom stereocenters. The van der Waals surface area contributed by atoms with Crippen molar-refractivity contribution in [2.24, 2.45) is 0 Å². The van der Waals surface area contributed by atoms with Crippen molar-refractivity contribution in [3.05, 3.63) is 58.1 Å². The van der Waals surface area contributed by atoms with Crippen LogP contribution in [0, 0.1) is 0 Å². The van der Waals surface area contributed by atoms with Crippen molar-refractivity contribution in [1.29, 1.82) is 0 Å². The van der Waals surface area contributed by atoms with Gasteiger partial charge in [-0.2, -0.15) is 0 Å². The van der Waals surface area contributed by atoms with E-state index in [9.17, 15) is 9.59 Å². The van der Waals surface area contributed by atoms with Crippen LogP contribution < -0.4 is 14.8 Å². The minimum absolute atomic E-state index is 0.191. The molecule has 0 bridgehead atoms. The van der Waals surface area contributed by atoms with Gasteiger partial charge in [0.2, 0.25) is 0 Å². The number of amides is 1. The average molecular weight is 350 g/mol. The van der Waals surface area contributed by atoms with Crippen LogP contribution in [0.5, 0.6) is 11.5 Å². The van der Waals surface area contributed by atoms with Crippen LogP contribution in [0.3, 0.4) is 0 Å². The van der Waals surface area contributed by atoms with E-state index in [4.69, 9.17) is 26.2 Å². The molecule has 0 heterocycles. The Labute approximate surface area is 144 Å². The molecule has 2 rings (SSSR count). The van der Waals surface area contributed by atoms with E-state index in [1.807, 2.05) is 0 Å². The Hall–Kier alpha value is -2.73. The van der Waals surface area contributed by atoms with Gasteiger partial charge in [0.1, 0.15) is 0 Å². The molecule has 0 unspecified atom stereocenters. The summed E-state index contributed by atoms with van der Waals surface area (Å²) >= 11 is 6.08. The SMILES string of the molecule is COc1cc(C(=O)NCc2ccc(C(=O)O)cc2)cc(Cl)c1OC. The van der Waals surface area contributed by atoms with Gasteiger partial charge in [0.05, 0.1) is 24.8 Å². The maximum atomic E-state index is 12.3. The van der Waals surface area contributed by atoms with Gasteiger partial charge in [-0.1, -0.05) is 23.7 Å². The van der Waals surface area contributed by atoms with Crippen molar-refractivity contribution in [3.8, 4) is 11.5 Å². The maximum absolute atomic E-state index is 12.3. The zero-order valence-electron chi connectivity index (χ0n) is 13.1. The first kappa shape index (κ1) is 17.6. The molecule has 1 amide bonds. The van der Waals surface area contributed by atoms with E-state index in [2.05, 4.69) is 5.32 Å². The number of hydrogen-bond acceptors (Lipinski definition) is 4. The molecule has 0 aliphatic heterocycles. The molecule has 0 aliphatic carbocycles. The first-order valence-electron chi connectivity index (χ1n) is 6.98. The number of carboxylic acid groups (broad SMARTS) is 1. The van der Waals surface area contributed by atoms with Crippen LogP contribution in [0.15, 0.2) is 36.4 Å². The highest BCUT2D eigenvalue weighted by atomic mass is 35.5. The fourth-order valence-electron chi connectivity index (χ4n) is 2.10. The number of aromatic carboxylic acids is 1. The largest absolute Gasteiger partial charge is 0.493 e. The lowest BCUT2D eigenvalue weighted by molar-refractivity contribution is 0.0696. The van der Waals surface area contributed by atoms with Crippen molar-refractivity contribution < 1.29 is 24.2 Å². The zero-order valence-corrected chi connectivity index (χ0v) is 13.9. The molecular formula is C17H16ClNO5. The van der Waals surface area contributed by atoms with Crippen LogP contribution in [0.4, 0.5) is 0 Å². The van der Waals surface area contributed by atoms with E-state index in [1.54, 1.807) is 12.1 Å². The first-order valence-corrected chi connectivity index (χ1v) is 7.36. The third-order valence-electron chi connectivity index (χ3n) is 3.35. The second kappa shape index (κ2) is 7.70. The van der Waals surface area contributed by atoms with Crippen molar-refractivity contribution in [2.45, 2.75) is 6.54 Å². The van der Waals surface area contributed by atoms with Crippen molar-refractivity contribution in [1.82, 2.24) is 5.32 Å². The average Bonchev–Trinajstić information content (AvgIpc) is 2.59. The number of halogens is 1. The Morgan fingerprint density at radius 2 is 1.75 bits per heavy atom. The molecule has 0 radical (unpaired) electrons. The summed E-state index contributed by atoms with van der Waals surface area (Å²) in [7, 11) is 2.92. The van der Waals surface area contributed by atoms with Gasteiger partial charge in [0, 0.05) is 12.1 Å². The molecule has 126 valence electrons. The molecule has 0 aromatic heterocycles. The van der Waals surface area contributed by atoms with E-state index < -0.39 is 5.97 Å². The summed E-state index contributed by atoms with van der Waals surface area (Å²) in [4.78, 5) is 23.1. The number of carbonyl (C=O) groups excluding carboxylic acids is 1. The van der Waals surface area contributed by atoms with E-state index in [0.717, 1.165) is 5.56 Å². The number of ether oxygens (including phenoxy) is 2. The molecule has 0 saturated carbocycles. The molecule has 2 aromatic rings. The van der Waals surface area contributed by atoms with Gasteiger partial charge in [-0.15, -0.1) is 0 Å². The van der Waals surface area contributed by atoms with Crippen LogP contribution in [0.1, 0.15) is 26.3 Å². The molecule has 24 heavy (non-hydrogen) atoms. The molecule has 0 fully saturated rings. The fourth-order valence-corrected chi connectivity index (χ4v) is 2.39.